The van der Waals surface area contributed by atoms with Crippen LogP contribution in [0.2, 0.25) is 0 Å². The lowest BCUT2D eigenvalue weighted by Gasteiger charge is -2.25. The molecule has 1 heterocycles. The summed E-state index contributed by atoms with van der Waals surface area (Å²) in [6, 6.07) is 0. The van der Waals surface area contributed by atoms with Crippen LogP contribution in [0, 0.1) is 5.92 Å². The highest BCUT2D eigenvalue weighted by molar-refractivity contribution is 7.93. The average molecular weight is 262 g/mol. The normalized spacial score (nSPS) is 24.3. The smallest absolute Gasteiger partial charge is 0.324 e. The van der Waals surface area contributed by atoms with Crippen molar-refractivity contribution in [3.05, 3.63) is 0 Å². The summed E-state index contributed by atoms with van der Waals surface area (Å²) in [4.78, 5) is 11.7. The molecule has 2 rings (SSSR count). The van der Waals surface area contributed by atoms with Gasteiger partial charge in [-0.15, -0.1) is 0 Å². The summed E-state index contributed by atoms with van der Waals surface area (Å²) in [7, 11) is -2.18. The van der Waals surface area contributed by atoms with Gasteiger partial charge in [-0.1, -0.05) is 0 Å². The fraction of sp³-hybridized carbons (Fsp3) is 0.909. The fourth-order valence-electron chi connectivity index (χ4n) is 2.32. The molecule has 0 radical (unpaired) electrons. The van der Waals surface area contributed by atoms with E-state index < -0.39 is 26.3 Å². The molecule has 98 valence electrons. The lowest BCUT2D eigenvalue weighted by molar-refractivity contribution is -0.140. The van der Waals surface area contributed by atoms with E-state index in [4.69, 9.17) is 4.74 Å². The average Bonchev–Trinajstić information content (AvgIpc) is 3.14. The first-order valence-corrected chi connectivity index (χ1v) is 7.56. The first-order chi connectivity index (χ1) is 8.07. The van der Waals surface area contributed by atoms with Crippen LogP contribution in [0.1, 0.15) is 25.7 Å². The number of methoxy groups -OCH3 is 1. The molecule has 0 aromatic rings. The van der Waals surface area contributed by atoms with Crippen LogP contribution < -0.4 is 0 Å². The van der Waals surface area contributed by atoms with E-state index in [1.807, 2.05) is 0 Å². The molecule has 0 spiro atoms. The maximum absolute atomic E-state index is 12.4. The van der Waals surface area contributed by atoms with Crippen LogP contribution in [-0.4, -0.2) is 45.2 Å². The Balaban J connectivity index is 2.18. The number of hydrogen-bond donors (Lipinski definition) is 0. The van der Waals surface area contributed by atoms with Gasteiger partial charge in [0, 0.05) is 13.2 Å². The minimum absolute atomic E-state index is 0.0321. The Morgan fingerprint density at radius 1 is 1.24 bits per heavy atom. The second-order valence-electron chi connectivity index (χ2n) is 4.68. The van der Waals surface area contributed by atoms with Gasteiger partial charge in [0.2, 0.25) is 0 Å². The van der Waals surface area contributed by atoms with E-state index in [2.05, 4.69) is 4.74 Å². The highest BCUT2D eigenvalue weighted by Gasteiger charge is 2.48. The first-order valence-electron chi connectivity index (χ1n) is 5.95. The molecular formula is C11H18O5S. The Bertz CT molecular complexity index is 379. The molecule has 1 unspecified atom stereocenters. The molecule has 2 fully saturated rings. The Hall–Kier alpha value is -0.620. The maximum Gasteiger partial charge on any atom is 0.324 e. The van der Waals surface area contributed by atoms with Crippen LogP contribution in [0.5, 0.6) is 0 Å². The highest BCUT2D eigenvalue weighted by Crippen LogP contribution is 2.39. The summed E-state index contributed by atoms with van der Waals surface area (Å²) in [5.74, 6) is -0.630. The zero-order valence-electron chi connectivity index (χ0n) is 9.92. The number of carbonyl (C=O) groups excluding carboxylic acids is 1. The number of carbonyl (C=O) groups is 1. The molecule has 6 heteroatoms. The van der Waals surface area contributed by atoms with Crippen LogP contribution in [0.3, 0.4) is 0 Å². The van der Waals surface area contributed by atoms with Gasteiger partial charge in [0.05, 0.1) is 12.4 Å². The van der Waals surface area contributed by atoms with Crippen molar-refractivity contribution in [3.63, 3.8) is 0 Å². The molecule has 0 aromatic carbocycles. The molecule has 17 heavy (non-hydrogen) atoms. The fourth-order valence-corrected chi connectivity index (χ4v) is 4.76. The van der Waals surface area contributed by atoms with Crippen molar-refractivity contribution in [3.8, 4) is 0 Å². The zero-order chi connectivity index (χ0) is 12.5. The largest absolute Gasteiger partial charge is 0.468 e. The number of esters is 1. The van der Waals surface area contributed by atoms with Crippen LogP contribution in [0.15, 0.2) is 0 Å². The molecule has 0 amide bonds. The van der Waals surface area contributed by atoms with Crippen molar-refractivity contribution in [1.82, 2.24) is 0 Å². The minimum atomic E-state index is -3.43. The van der Waals surface area contributed by atoms with Crippen molar-refractivity contribution in [2.45, 2.75) is 36.2 Å². The van der Waals surface area contributed by atoms with Gasteiger partial charge in [0.25, 0.3) is 0 Å². The molecular weight excluding hydrogens is 244 g/mol. The molecule has 5 nitrogen and oxygen atoms in total. The summed E-state index contributed by atoms with van der Waals surface area (Å²) in [5.41, 5.74) is 0. The SMILES string of the molecule is COC(=O)C(C1CC1)S(=O)(=O)C1CCOCC1. The topological polar surface area (TPSA) is 69.7 Å². The number of sulfone groups is 1. The van der Waals surface area contributed by atoms with Crippen LogP contribution in [-0.2, 0) is 24.1 Å². The van der Waals surface area contributed by atoms with Crippen molar-refractivity contribution in [2.75, 3.05) is 20.3 Å². The Labute approximate surface area is 101 Å². The summed E-state index contributed by atoms with van der Waals surface area (Å²) >= 11 is 0. The third kappa shape index (κ3) is 2.63. The zero-order valence-corrected chi connectivity index (χ0v) is 10.7. The predicted molar refractivity (Wildman–Crippen MR) is 61.3 cm³/mol. The number of hydrogen-bond acceptors (Lipinski definition) is 5. The molecule has 0 N–H and O–H groups in total. The first kappa shape index (κ1) is 12.8. The molecule has 1 aliphatic heterocycles. The van der Waals surface area contributed by atoms with Gasteiger partial charge in [-0.25, -0.2) is 8.42 Å². The van der Waals surface area contributed by atoms with E-state index >= 15 is 0 Å². The Morgan fingerprint density at radius 3 is 2.29 bits per heavy atom. The van der Waals surface area contributed by atoms with Gasteiger partial charge >= 0.3 is 5.97 Å². The lowest BCUT2D eigenvalue weighted by Crippen LogP contribution is -2.42. The monoisotopic (exact) mass is 262 g/mol. The predicted octanol–water partition coefficient (Wildman–Crippen LogP) is 0.532. The summed E-state index contributed by atoms with van der Waals surface area (Å²) in [6.07, 6.45) is 2.59. The van der Waals surface area contributed by atoms with Gasteiger partial charge in [-0.2, -0.15) is 0 Å². The van der Waals surface area contributed by atoms with Gasteiger partial charge in [-0.05, 0) is 31.6 Å². The molecule has 2 aliphatic rings. The number of rotatable bonds is 4. The minimum Gasteiger partial charge on any atom is -0.468 e. The van der Waals surface area contributed by atoms with E-state index in [1.54, 1.807) is 0 Å². The van der Waals surface area contributed by atoms with Gasteiger partial charge in [0.1, 0.15) is 0 Å². The lowest BCUT2D eigenvalue weighted by atomic mass is 10.2. The van der Waals surface area contributed by atoms with Crippen molar-refractivity contribution >= 4 is 15.8 Å². The van der Waals surface area contributed by atoms with Crippen LogP contribution >= 0.6 is 0 Å². The summed E-state index contributed by atoms with van der Waals surface area (Å²) < 4.78 is 34.6. The third-order valence-corrected chi connectivity index (χ3v) is 6.16. The van der Waals surface area contributed by atoms with Crippen LogP contribution in [0.4, 0.5) is 0 Å². The molecule has 1 atom stereocenters. The molecule has 1 aliphatic carbocycles. The summed E-state index contributed by atoms with van der Waals surface area (Å²) in [5, 5.41) is -1.39. The van der Waals surface area contributed by atoms with Gasteiger partial charge < -0.3 is 9.47 Å². The third-order valence-electron chi connectivity index (χ3n) is 3.47. The second-order valence-corrected chi connectivity index (χ2v) is 7.03. The van der Waals surface area contributed by atoms with Crippen molar-refractivity contribution < 1.29 is 22.7 Å². The Morgan fingerprint density at radius 2 is 1.82 bits per heavy atom. The molecule has 1 saturated carbocycles. The quantitative estimate of drug-likeness (QED) is 0.691. The van der Waals surface area contributed by atoms with E-state index in [-0.39, 0.29) is 5.92 Å². The van der Waals surface area contributed by atoms with Gasteiger partial charge in [0.15, 0.2) is 15.1 Å². The maximum atomic E-state index is 12.4. The van der Waals surface area contributed by atoms with Gasteiger partial charge in [-0.3, -0.25) is 4.79 Å². The van der Waals surface area contributed by atoms with E-state index in [9.17, 15) is 13.2 Å². The second kappa shape index (κ2) is 4.94. The Kier molecular flexibility index (Phi) is 3.73. The van der Waals surface area contributed by atoms with Crippen molar-refractivity contribution in [2.24, 2.45) is 5.92 Å². The van der Waals surface area contributed by atoms with E-state index in [0.717, 1.165) is 12.8 Å². The highest BCUT2D eigenvalue weighted by atomic mass is 32.2. The van der Waals surface area contributed by atoms with Crippen molar-refractivity contribution in [1.29, 1.82) is 0 Å². The van der Waals surface area contributed by atoms with E-state index in [0.29, 0.717) is 26.1 Å². The standard InChI is InChI=1S/C11H18O5S/c1-15-11(12)10(8-2-3-8)17(13,14)9-4-6-16-7-5-9/h8-10H,2-7H2,1H3. The molecule has 0 aromatic heterocycles. The van der Waals surface area contributed by atoms with Crippen LogP contribution in [0.25, 0.3) is 0 Å². The number of ether oxygens (including phenoxy) is 2. The summed E-state index contributed by atoms with van der Waals surface area (Å²) in [6.45, 7) is 0.922. The molecule has 1 saturated heterocycles. The van der Waals surface area contributed by atoms with E-state index in [1.165, 1.54) is 7.11 Å². The molecule has 0 bridgehead atoms.